The van der Waals surface area contributed by atoms with Crippen molar-refractivity contribution in [3.8, 4) is 0 Å². The zero-order valence-corrected chi connectivity index (χ0v) is 39.3. The maximum atomic E-state index is 12.5. The molecule has 65 heavy (non-hydrogen) atoms. The van der Waals surface area contributed by atoms with E-state index in [2.05, 4.69) is 40.7 Å². The van der Waals surface area contributed by atoms with Crippen LogP contribution < -0.4 is 0 Å². The highest BCUT2D eigenvalue weighted by atomic mass is 16.7. The number of fused-ring (bicyclic) bond motifs is 5. The van der Waals surface area contributed by atoms with Crippen LogP contribution in [0.25, 0.3) is 0 Å². The minimum Gasteiger partial charge on any atom is -0.393 e. The molecule has 0 radical (unpaired) electrons. The minimum atomic E-state index is -1.80. The third kappa shape index (κ3) is 8.94. The SMILES string of the molecule is CC(C)=CCCC(C)(OC1OC(COC2OC(COC3OCC(O)C(O)C3O)C(O)C(O)C2O)C(O)C(O)C1O)C1CCC2(C)C1C(O)CC1C3(C)CCC(O)C(C)(C)C3C(O)CC12C. The van der Waals surface area contributed by atoms with Crippen LogP contribution in [-0.4, -0.2) is 191 Å². The molecular formula is C47H80O18. The van der Waals surface area contributed by atoms with Gasteiger partial charge in [-0.15, -0.1) is 0 Å². The van der Waals surface area contributed by atoms with Crippen molar-refractivity contribution in [1.82, 2.24) is 0 Å². The van der Waals surface area contributed by atoms with Crippen molar-refractivity contribution in [2.45, 2.75) is 217 Å². The highest BCUT2D eigenvalue weighted by molar-refractivity contribution is 5.22. The third-order valence-corrected chi connectivity index (χ3v) is 18.3. The summed E-state index contributed by atoms with van der Waals surface area (Å²) in [6.07, 6.45) is -17.2. The van der Waals surface area contributed by atoms with Crippen molar-refractivity contribution in [2.75, 3.05) is 19.8 Å². The topological polar surface area (TPSA) is 298 Å². The van der Waals surface area contributed by atoms with Gasteiger partial charge in [-0.25, -0.2) is 0 Å². The Balaban J connectivity index is 1.09. The van der Waals surface area contributed by atoms with Crippen LogP contribution in [-0.2, 0) is 28.4 Å². The van der Waals surface area contributed by atoms with E-state index in [1.807, 2.05) is 20.8 Å². The standard InChI is InChI=1S/C47H80O18/c1-21(2)10-9-13-47(8,22-11-15-45(6)30(22)23(48)16-28-44(5)14-12-29(51)43(3,4)39(44)24(49)17-46(28,45)7)65-42-38(59)35(56)33(54)27(64-42)20-62-41-37(58)34(55)32(53)26(63-41)19-61-40-36(57)31(52)25(50)18-60-40/h10,22-42,48-59H,9,11-20H2,1-8H3. The van der Waals surface area contributed by atoms with E-state index in [0.29, 0.717) is 38.5 Å². The van der Waals surface area contributed by atoms with Crippen LogP contribution in [0.5, 0.6) is 0 Å². The summed E-state index contributed by atoms with van der Waals surface area (Å²) in [5.74, 6) is -0.616. The van der Waals surface area contributed by atoms with Crippen molar-refractivity contribution >= 4 is 0 Å². The second-order valence-corrected chi connectivity index (χ2v) is 22.7. The van der Waals surface area contributed by atoms with E-state index in [-0.39, 0.29) is 41.1 Å². The first-order valence-electron chi connectivity index (χ1n) is 23.9. The molecule has 18 heteroatoms. The van der Waals surface area contributed by atoms with Crippen LogP contribution in [0.15, 0.2) is 11.6 Å². The molecule has 4 aliphatic carbocycles. The summed E-state index contributed by atoms with van der Waals surface area (Å²) >= 11 is 0. The molecule has 7 rings (SSSR count). The van der Waals surface area contributed by atoms with Crippen molar-refractivity contribution in [3.05, 3.63) is 11.6 Å². The average Bonchev–Trinajstić information content (AvgIpc) is 3.62. The number of rotatable bonds is 12. The zero-order chi connectivity index (χ0) is 47.9. The maximum absolute atomic E-state index is 12.5. The second-order valence-electron chi connectivity index (χ2n) is 22.7. The van der Waals surface area contributed by atoms with Gasteiger partial charge >= 0.3 is 0 Å². The van der Waals surface area contributed by atoms with E-state index in [1.54, 1.807) is 0 Å². The second kappa shape index (κ2) is 19.0. The summed E-state index contributed by atoms with van der Waals surface area (Å²) in [7, 11) is 0. The molecule has 12 N–H and O–H groups in total. The largest absolute Gasteiger partial charge is 0.393 e. The molecule has 0 aromatic rings. The lowest BCUT2D eigenvalue weighted by molar-refractivity contribution is -0.352. The molecule has 18 nitrogen and oxygen atoms in total. The smallest absolute Gasteiger partial charge is 0.187 e. The molecule has 3 aliphatic heterocycles. The number of ether oxygens (including phenoxy) is 6. The van der Waals surface area contributed by atoms with E-state index >= 15 is 0 Å². The van der Waals surface area contributed by atoms with Gasteiger partial charge in [0.05, 0.1) is 43.7 Å². The van der Waals surface area contributed by atoms with Gasteiger partial charge in [0.2, 0.25) is 0 Å². The Labute approximate surface area is 382 Å². The van der Waals surface area contributed by atoms with Gasteiger partial charge < -0.3 is 89.7 Å². The number of allylic oxidation sites excluding steroid dienone is 2. The summed E-state index contributed by atoms with van der Waals surface area (Å²) in [5, 5.41) is 132. The molecule has 25 atom stereocenters. The monoisotopic (exact) mass is 933 g/mol. The third-order valence-electron chi connectivity index (χ3n) is 18.3. The van der Waals surface area contributed by atoms with E-state index in [9.17, 15) is 61.3 Å². The molecule has 3 saturated heterocycles. The first-order chi connectivity index (χ1) is 30.2. The van der Waals surface area contributed by atoms with Gasteiger partial charge in [-0.3, -0.25) is 0 Å². The van der Waals surface area contributed by atoms with Gasteiger partial charge in [-0.1, -0.05) is 46.3 Å². The number of hydrogen-bond donors (Lipinski definition) is 12. The number of aliphatic hydroxyl groups excluding tert-OH is 12. The highest BCUT2D eigenvalue weighted by Gasteiger charge is 2.73. The molecule has 0 amide bonds. The van der Waals surface area contributed by atoms with E-state index in [0.717, 1.165) is 18.4 Å². The van der Waals surface area contributed by atoms with Crippen molar-refractivity contribution in [1.29, 1.82) is 0 Å². The molecule has 7 fully saturated rings. The molecule has 0 spiro atoms. The van der Waals surface area contributed by atoms with Gasteiger partial charge in [0.1, 0.15) is 67.1 Å². The van der Waals surface area contributed by atoms with Gasteiger partial charge in [0.25, 0.3) is 0 Å². The number of hydrogen-bond acceptors (Lipinski definition) is 18. The van der Waals surface area contributed by atoms with Crippen LogP contribution >= 0.6 is 0 Å². The Kier molecular flexibility index (Phi) is 15.1. The van der Waals surface area contributed by atoms with E-state index in [1.165, 1.54) is 0 Å². The zero-order valence-electron chi connectivity index (χ0n) is 39.3. The Morgan fingerprint density at radius 2 is 1.22 bits per heavy atom. The summed E-state index contributed by atoms with van der Waals surface area (Å²) in [6.45, 7) is 15.4. The van der Waals surface area contributed by atoms with Crippen molar-refractivity contribution < 1.29 is 89.7 Å². The Bertz CT molecular complexity index is 1670. The predicted molar refractivity (Wildman–Crippen MR) is 229 cm³/mol. The maximum Gasteiger partial charge on any atom is 0.187 e. The van der Waals surface area contributed by atoms with Crippen molar-refractivity contribution in [2.24, 2.45) is 45.3 Å². The van der Waals surface area contributed by atoms with Gasteiger partial charge in [-0.2, -0.15) is 0 Å². The molecule has 0 bridgehead atoms. The molecule has 0 aromatic heterocycles. The predicted octanol–water partition coefficient (Wildman–Crippen LogP) is -0.417. The first-order valence-corrected chi connectivity index (χ1v) is 23.9. The van der Waals surface area contributed by atoms with Gasteiger partial charge in [0.15, 0.2) is 18.9 Å². The molecule has 25 unspecified atom stereocenters. The fourth-order valence-corrected chi connectivity index (χ4v) is 14.5. The Hall–Kier alpha value is -0.980. The van der Waals surface area contributed by atoms with Crippen LogP contribution in [0.1, 0.15) is 107 Å². The summed E-state index contributed by atoms with van der Waals surface area (Å²) in [5.41, 5.74) is -1.62. The normalized spacial score (nSPS) is 53.0. The quantitative estimate of drug-likeness (QED) is 0.111. The molecule has 0 aromatic carbocycles. The summed E-state index contributed by atoms with van der Waals surface area (Å²) in [4.78, 5) is 0. The lowest BCUT2D eigenvalue weighted by Gasteiger charge is -2.71. The molecular weight excluding hydrogens is 852 g/mol. The average molecular weight is 933 g/mol. The Morgan fingerprint density at radius 3 is 1.83 bits per heavy atom. The summed E-state index contributed by atoms with van der Waals surface area (Å²) < 4.78 is 35.4. The minimum absolute atomic E-state index is 0.0746. The van der Waals surface area contributed by atoms with Crippen molar-refractivity contribution in [3.63, 3.8) is 0 Å². The van der Waals surface area contributed by atoms with Gasteiger partial charge in [-0.05, 0) is 117 Å². The van der Waals surface area contributed by atoms with Crippen LogP contribution in [0.4, 0.5) is 0 Å². The number of aliphatic hydroxyl groups is 12. The fourth-order valence-electron chi connectivity index (χ4n) is 14.5. The lowest BCUT2D eigenvalue weighted by Crippen LogP contribution is -2.70. The fraction of sp³-hybridized carbons (Fsp3) is 0.957. The van der Waals surface area contributed by atoms with E-state index < -0.39 is 134 Å². The lowest BCUT2D eigenvalue weighted by atomic mass is 9.34. The molecule has 4 saturated carbocycles. The first kappa shape index (κ1) is 51.9. The summed E-state index contributed by atoms with van der Waals surface area (Å²) in [6, 6.07) is 0. The molecule has 7 aliphatic rings. The van der Waals surface area contributed by atoms with Gasteiger partial charge in [0, 0.05) is 0 Å². The van der Waals surface area contributed by atoms with Crippen LogP contribution in [0, 0.1) is 45.3 Å². The Morgan fingerprint density at radius 1 is 0.646 bits per heavy atom. The van der Waals surface area contributed by atoms with E-state index in [4.69, 9.17) is 28.4 Å². The molecule has 376 valence electrons. The van der Waals surface area contributed by atoms with Crippen LogP contribution in [0.2, 0.25) is 0 Å². The van der Waals surface area contributed by atoms with Crippen LogP contribution in [0.3, 0.4) is 0 Å². The molecule has 3 heterocycles. The highest BCUT2D eigenvalue weighted by Crippen LogP contribution is 2.76.